The number of ketones is 1. The molecule has 25 heavy (non-hydrogen) atoms. The zero-order valence-corrected chi connectivity index (χ0v) is 14.4. The first-order valence-corrected chi connectivity index (χ1v) is 8.86. The third kappa shape index (κ3) is 4.35. The van der Waals surface area contributed by atoms with E-state index in [-0.39, 0.29) is 24.3 Å². The minimum Gasteiger partial charge on any atom is -0.461 e. The van der Waals surface area contributed by atoms with Crippen LogP contribution in [0.5, 0.6) is 0 Å². The van der Waals surface area contributed by atoms with Crippen LogP contribution in [0.2, 0.25) is 0 Å². The van der Waals surface area contributed by atoms with E-state index in [4.69, 9.17) is 9.47 Å². The Morgan fingerprint density at radius 2 is 2.04 bits per heavy atom. The van der Waals surface area contributed by atoms with E-state index in [1.807, 2.05) is 30.3 Å². The molecule has 2 saturated heterocycles. The Labute approximate surface area is 148 Å². The molecule has 4 unspecified atom stereocenters. The predicted octanol–water partition coefficient (Wildman–Crippen LogP) is 2.21. The molecule has 5 heteroatoms. The predicted molar refractivity (Wildman–Crippen MR) is 93.8 cm³/mol. The first kappa shape index (κ1) is 17.8. The molecule has 0 N–H and O–H groups in total. The molecule has 0 aliphatic carbocycles. The second-order valence-electron chi connectivity index (χ2n) is 6.76. The lowest BCUT2D eigenvalue weighted by molar-refractivity contribution is -0.158. The van der Waals surface area contributed by atoms with Crippen LogP contribution in [-0.4, -0.2) is 49.0 Å². The van der Waals surface area contributed by atoms with Crippen molar-refractivity contribution < 1.29 is 19.1 Å². The van der Waals surface area contributed by atoms with Crippen molar-refractivity contribution in [1.29, 1.82) is 0 Å². The van der Waals surface area contributed by atoms with Crippen molar-refractivity contribution in [3.05, 3.63) is 48.6 Å². The van der Waals surface area contributed by atoms with E-state index < -0.39 is 11.9 Å². The number of fused-ring (bicyclic) bond motifs is 2. The van der Waals surface area contributed by atoms with E-state index in [0.29, 0.717) is 19.8 Å². The van der Waals surface area contributed by atoms with Crippen molar-refractivity contribution >= 4 is 11.8 Å². The van der Waals surface area contributed by atoms with Gasteiger partial charge in [0.25, 0.3) is 0 Å². The van der Waals surface area contributed by atoms with E-state index in [1.54, 1.807) is 0 Å². The van der Waals surface area contributed by atoms with Gasteiger partial charge in [0.15, 0.2) is 5.78 Å². The molecule has 5 nitrogen and oxygen atoms in total. The molecule has 1 aromatic carbocycles. The van der Waals surface area contributed by atoms with Crippen molar-refractivity contribution in [2.45, 2.75) is 25.5 Å². The smallest absolute Gasteiger partial charge is 0.318 e. The van der Waals surface area contributed by atoms with Gasteiger partial charge in [-0.2, -0.15) is 0 Å². The van der Waals surface area contributed by atoms with Crippen LogP contribution >= 0.6 is 0 Å². The molecule has 0 saturated carbocycles. The minimum atomic E-state index is -0.671. The largest absolute Gasteiger partial charge is 0.461 e. The molecule has 2 aliphatic heterocycles. The summed E-state index contributed by atoms with van der Waals surface area (Å²) < 4.78 is 11.0. The zero-order chi connectivity index (χ0) is 17.6. The average Bonchev–Trinajstić information content (AvgIpc) is 2.65. The number of benzene rings is 1. The molecule has 2 fully saturated rings. The number of Topliss-reactive ketones (excluding diaryl/α,β-unsaturated/α-hetero) is 1. The third-order valence-electron chi connectivity index (χ3n) is 5.03. The Kier molecular flexibility index (Phi) is 6.00. The summed E-state index contributed by atoms with van der Waals surface area (Å²) in [6.07, 6.45) is 3.27. The molecule has 0 radical (unpaired) electrons. The summed E-state index contributed by atoms with van der Waals surface area (Å²) in [6.45, 7) is 6.04. The number of esters is 1. The molecule has 0 aromatic heterocycles. The zero-order valence-electron chi connectivity index (χ0n) is 14.4. The molecule has 2 bridgehead atoms. The molecule has 134 valence electrons. The highest BCUT2D eigenvalue weighted by molar-refractivity contribution is 6.01. The fraction of sp³-hybridized carbons (Fsp3) is 0.500. The Morgan fingerprint density at radius 1 is 1.24 bits per heavy atom. The van der Waals surface area contributed by atoms with E-state index in [1.165, 1.54) is 6.08 Å². The molecule has 0 amide bonds. The van der Waals surface area contributed by atoms with E-state index in [2.05, 4.69) is 11.5 Å². The highest BCUT2D eigenvalue weighted by atomic mass is 16.5. The van der Waals surface area contributed by atoms with Gasteiger partial charge in [0.2, 0.25) is 0 Å². The summed E-state index contributed by atoms with van der Waals surface area (Å²) in [5.74, 6) is -1.12. The normalized spacial score (nSPS) is 28.4. The van der Waals surface area contributed by atoms with Crippen LogP contribution in [0.25, 0.3) is 0 Å². The van der Waals surface area contributed by atoms with Crippen LogP contribution in [0.4, 0.5) is 0 Å². The van der Waals surface area contributed by atoms with E-state index in [0.717, 1.165) is 24.9 Å². The highest BCUT2D eigenvalue weighted by Crippen LogP contribution is 2.31. The Bertz CT molecular complexity index is 615. The van der Waals surface area contributed by atoms with Crippen LogP contribution in [0.15, 0.2) is 43.0 Å². The van der Waals surface area contributed by atoms with Gasteiger partial charge in [-0.3, -0.25) is 14.5 Å². The number of piperidine rings is 2. The molecule has 1 aromatic rings. The van der Waals surface area contributed by atoms with Crippen LogP contribution in [0.3, 0.4) is 0 Å². The van der Waals surface area contributed by atoms with Crippen molar-refractivity contribution in [3.8, 4) is 0 Å². The number of carbonyl (C=O) groups is 2. The summed E-state index contributed by atoms with van der Waals surface area (Å²) in [5, 5.41) is 0. The topological polar surface area (TPSA) is 55.8 Å². The molecular formula is C20H25NO4. The summed E-state index contributed by atoms with van der Waals surface area (Å²) in [6, 6.07) is 10.3. The van der Waals surface area contributed by atoms with Crippen molar-refractivity contribution in [1.82, 2.24) is 4.90 Å². The van der Waals surface area contributed by atoms with Gasteiger partial charge in [-0.05, 0) is 18.4 Å². The molecule has 4 atom stereocenters. The SMILES string of the molecule is C=CCOC(=O)C1CN2CC(CCC2COCc2ccccc2)C1=O. The molecule has 2 heterocycles. The quantitative estimate of drug-likeness (QED) is 0.432. The number of rotatable bonds is 7. The average molecular weight is 343 g/mol. The number of carbonyl (C=O) groups excluding carboxylic acids is 2. The number of hydrogen-bond donors (Lipinski definition) is 0. The number of hydrogen-bond acceptors (Lipinski definition) is 5. The van der Waals surface area contributed by atoms with Gasteiger partial charge in [0, 0.05) is 25.0 Å². The van der Waals surface area contributed by atoms with Gasteiger partial charge in [-0.1, -0.05) is 43.0 Å². The number of ether oxygens (including phenoxy) is 2. The lowest BCUT2D eigenvalue weighted by Crippen LogP contribution is -2.57. The summed E-state index contributed by atoms with van der Waals surface area (Å²) in [7, 11) is 0. The Hall–Kier alpha value is -1.98. The number of nitrogens with zero attached hydrogens (tertiary/aromatic N) is 1. The summed E-state index contributed by atoms with van der Waals surface area (Å²) in [4.78, 5) is 26.8. The first-order valence-electron chi connectivity index (χ1n) is 8.86. The molecule has 3 rings (SSSR count). The van der Waals surface area contributed by atoms with Crippen molar-refractivity contribution in [2.24, 2.45) is 11.8 Å². The maximum Gasteiger partial charge on any atom is 0.318 e. The van der Waals surface area contributed by atoms with Gasteiger partial charge < -0.3 is 9.47 Å². The van der Waals surface area contributed by atoms with Crippen LogP contribution in [-0.2, 0) is 25.7 Å². The van der Waals surface area contributed by atoms with Crippen LogP contribution < -0.4 is 0 Å². The molecular weight excluding hydrogens is 318 g/mol. The fourth-order valence-electron chi connectivity index (χ4n) is 3.67. The minimum absolute atomic E-state index is 0.0361. The second kappa shape index (κ2) is 8.41. The lowest BCUT2D eigenvalue weighted by Gasteiger charge is -2.44. The Balaban J connectivity index is 1.54. The van der Waals surface area contributed by atoms with Gasteiger partial charge in [0.1, 0.15) is 12.5 Å². The monoisotopic (exact) mass is 343 g/mol. The van der Waals surface area contributed by atoms with Gasteiger partial charge in [-0.25, -0.2) is 0 Å². The van der Waals surface area contributed by atoms with Gasteiger partial charge >= 0.3 is 5.97 Å². The maximum atomic E-state index is 12.5. The third-order valence-corrected chi connectivity index (χ3v) is 5.03. The first-order chi connectivity index (χ1) is 12.2. The van der Waals surface area contributed by atoms with Gasteiger partial charge in [-0.15, -0.1) is 0 Å². The lowest BCUT2D eigenvalue weighted by atomic mass is 9.79. The second-order valence-corrected chi connectivity index (χ2v) is 6.76. The maximum absolute atomic E-state index is 12.5. The fourth-order valence-corrected chi connectivity index (χ4v) is 3.67. The Morgan fingerprint density at radius 3 is 2.80 bits per heavy atom. The van der Waals surface area contributed by atoms with Crippen LogP contribution in [0, 0.1) is 11.8 Å². The highest BCUT2D eigenvalue weighted by Gasteiger charge is 2.44. The molecule has 2 aliphatic rings. The van der Waals surface area contributed by atoms with Crippen molar-refractivity contribution in [3.63, 3.8) is 0 Å². The van der Waals surface area contributed by atoms with E-state index >= 15 is 0 Å². The van der Waals surface area contributed by atoms with Crippen LogP contribution in [0.1, 0.15) is 18.4 Å². The standard InChI is InChI=1S/C20H25NO4/c1-2-10-25-20(23)18-12-21-11-16(19(18)22)8-9-17(21)14-24-13-15-6-4-3-5-7-15/h2-7,16-18H,1,8-14H2. The summed E-state index contributed by atoms with van der Waals surface area (Å²) >= 11 is 0. The van der Waals surface area contributed by atoms with E-state index in [9.17, 15) is 9.59 Å². The summed E-state index contributed by atoms with van der Waals surface area (Å²) in [5.41, 5.74) is 1.15. The van der Waals surface area contributed by atoms with Gasteiger partial charge in [0.05, 0.1) is 13.2 Å². The molecule has 0 spiro atoms. The van der Waals surface area contributed by atoms with Crippen molar-refractivity contribution in [2.75, 3.05) is 26.3 Å².